The van der Waals surface area contributed by atoms with Crippen LogP contribution in [-0.2, 0) is 14.4 Å². The lowest BCUT2D eigenvalue weighted by Gasteiger charge is -2.14. The zero-order valence-electron chi connectivity index (χ0n) is 11.9. The predicted octanol–water partition coefficient (Wildman–Crippen LogP) is 1.39. The summed E-state index contributed by atoms with van der Waals surface area (Å²) in [6.07, 6.45) is 0. The molecule has 108 valence electrons. The van der Waals surface area contributed by atoms with Crippen LogP contribution in [0.15, 0.2) is 18.2 Å². The van der Waals surface area contributed by atoms with Crippen molar-refractivity contribution in [2.75, 3.05) is 7.05 Å². The summed E-state index contributed by atoms with van der Waals surface area (Å²) in [7, 11) is 1.54. The number of benzene rings is 1. The van der Waals surface area contributed by atoms with Crippen LogP contribution >= 0.6 is 0 Å². The van der Waals surface area contributed by atoms with Crippen molar-refractivity contribution in [2.45, 2.75) is 26.7 Å². The molecule has 6 heteroatoms. The van der Waals surface area contributed by atoms with E-state index in [1.54, 1.807) is 20.0 Å². The number of hydrogen-bond acceptors (Lipinski definition) is 5. The van der Waals surface area contributed by atoms with Gasteiger partial charge in [0.05, 0.1) is 5.92 Å². The van der Waals surface area contributed by atoms with Gasteiger partial charge in [0.2, 0.25) is 5.91 Å². The average molecular weight is 279 g/mol. The van der Waals surface area contributed by atoms with Crippen LogP contribution in [0.1, 0.15) is 32.3 Å². The Morgan fingerprint density at radius 3 is 2.10 bits per heavy atom. The smallest absolute Gasteiger partial charge is 0.308 e. The van der Waals surface area contributed by atoms with Crippen LogP contribution in [0, 0.1) is 0 Å². The first-order valence-electron chi connectivity index (χ1n) is 6.07. The molecule has 0 saturated heterocycles. The summed E-state index contributed by atoms with van der Waals surface area (Å²) < 4.78 is 9.95. The summed E-state index contributed by atoms with van der Waals surface area (Å²) in [5.74, 6) is -1.39. The first-order chi connectivity index (χ1) is 9.35. The van der Waals surface area contributed by atoms with Crippen LogP contribution < -0.4 is 14.8 Å². The molecule has 0 heterocycles. The average Bonchev–Trinajstić information content (AvgIpc) is 2.37. The van der Waals surface area contributed by atoms with Gasteiger partial charge in [-0.15, -0.1) is 0 Å². The van der Waals surface area contributed by atoms with Gasteiger partial charge in [-0.25, -0.2) is 0 Å². The van der Waals surface area contributed by atoms with Gasteiger partial charge in [-0.1, -0.05) is 6.07 Å². The Hall–Kier alpha value is -2.37. The molecular formula is C14H17NO5. The van der Waals surface area contributed by atoms with Gasteiger partial charge in [0, 0.05) is 20.9 Å². The summed E-state index contributed by atoms with van der Waals surface area (Å²) in [4.78, 5) is 33.7. The fraction of sp³-hybridized carbons (Fsp3) is 0.357. The largest absolute Gasteiger partial charge is 0.423 e. The minimum atomic E-state index is -0.539. The number of carbonyl (C=O) groups excluding carboxylic acids is 3. The van der Waals surface area contributed by atoms with E-state index >= 15 is 0 Å². The molecule has 0 bridgehead atoms. The molecule has 0 fully saturated rings. The van der Waals surface area contributed by atoms with Gasteiger partial charge in [0.1, 0.15) is 0 Å². The highest BCUT2D eigenvalue weighted by molar-refractivity contribution is 5.83. The lowest BCUT2D eigenvalue weighted by Crippen LogP contribution is -2.23. The number of rotatable bonds is 4. The Kier molecular flexibility index (Phi) is 5.25. The second kappa shape index (κ2) is 6.70. The van der Waals surface area contributed by atoms with Crippen molar-refractivity contribution in [3.8, 4) is 11.5 Å². The molecule has 20 heavy (non-hydrogen) atoms. The fourth-order valence-electron chi connectivity index (χ4n) is 1.64. The maximum absolute atomic E-state index is 11.6. The van der Waals surface area contributed by atoms with Crippen LogP contribution in [-0.4, -0.2) is 24.9 Å². The molecule has 1 rings (SSSR count). The minimum absolute atomic E-state index is 0.112. The third kappa shape index (κ3) is 4.08. The molecule has 0 aromatic heterocycles. The highest BCUT2D eigenvalue weighted by Gasteiger charge is 2.18. The molecule has 1 unspecified atom stereocenters. The zero-order chi connectivity index (χ0) is 15.3. The van der Waals surface area contributed by atoms with Crippen molar-refractivity contribution in [3.63, 3.8) is 0 Å². The maximum Gasteiger partial charge on any atom is 0.308 e. The first kappa shape index (κ1) is 15.7. The number of nitrogens with one attached hydrogen (secondary N) is 1. The molecule has 0 saturated carbocycles. The number of carbonyl (C=O) groups is 3. The molecule has 1 aromatic rings. The van der Waals surface area contributed by atoms with Gasteiger partial charge in [-0.05, 0) is 24.6 Å². The highest BCUT2D eigenvalue weighted by Crippen LogP contribution is 2.31. The summed E-state index contributed by atoms with van der Waals surface area (Å²) in [5, 5.41) is 2.54. The SMILES string of the molecule is CNC(=O)C(C)c1ccc(OC(C)=O)c(OC(C)=O)c1. The number of hydrogen-bond donors (Lipinski definition) is 1. The lowest BCUT2D eigenvalue weighted by molar-refractivity contribution is -0.134. The van der Waals surface area contributed by atoms with Crippen molar-refractivity contribution in [2.24, 2.45) is 0 Å². The second-order valence-electron chi connectivity index (χ2n) is 4.23. The standard InChI is InChI=1S/C14H17NO5/c1-8(14(18)15-4)11-5-6-12(19-9(2)16)13(7-11)20-10(3)17/h5-8H,1-4H3,(H,15,18). The molecule has 1 aromatic carbocycles. The molecule has 0 radical (unpaired) electrons. The summed E-state index contributed by atoms with van der Waals surface area (Å²) in [5.41, 5.74) is 0.650. The molecular weight excluding hydrogens is 262 g/mol. The lowest BCUT2D eigenvalue weighted by atomic mass is 10.00. The predicted molar refractivity (Wildman–Crippen MR) is 71.5 cm³/mol. The molecule has 6 nitrogen and oxygen atoms in total. The van der Waals surface area contributed by atoms with E-state index in [2.05, 4.69) is 5.32 Å². The first-order valence-corrected chi connectivity index (χ1v) is 6.07. The topological polar surface area (TPSA) is 81.7 Å². The Bertz CT molecular complexity index is 538. The van der Waals surface area contributed by atoms with E-state index in [1.807, 2.05) is 0 Å². The van der Waals surface area contributed by atoms with Gasteiger partial charge in [0.25, 0.3) is 0 Å². The second-order valence-corrected chi connectivity index (χ2v) is 4.23. The summed E-state index contributed by atoms with van der Waals surface area (Å²) in [6.45, 7) is 4.21. The van der Waals surface area contributed by atoms with E-state index in [0.717, 1.165) is 0 Å². The number of amides is 1. The Morgan fingerprint density at radius 1 is 1.05 bits per heavy atom. The van der Waals surface area contributed by atoms with Crippen LogP contribution in [0.2, 0.25) is 0 Å². The molecule has 0 spiro atoms. The van der Waals surface area contributed by atoms with Crippen LogP contribution in [0.25, 0.3) is 0 Å². The normalized spacial score (nSPS) is 11.4. The van der Waals surface area contributed by atoms with Crippen molar-refractivity contribution in [1.82, 2.24) is 5.32 Å². The molecule has 1 atom stereocenters. The van der Waals surface area contributed by atoms with Crippen molar-refractivity contribution in [1.29, 1.82) is 0 Å². The quantitative estimate of drug-likeness (QED) is 0.665. The van der Waals surface area contributed by atoms with E-state index in [9.17, 15) is 14.4 Å². The van der Waals surface area contributed by atoms with Crippen molar-refractivity contribution < 1.29 is 23.9 Å². The van der Waals surface area contributed by atoms with Gasteiger partial charge in [0.15, 0.2) is 11.5 Å². The molecule has 1 N–H and O–H groups in total. The number of esters is 2. The Labute approximate surface area is 117 Å². The monoisotopic (exact) mass is 279 g/mol. The maximum atomic E-state index is 11.6. The van der Waals surface area contributed by atoms with Gasteiger partial charge >= 0.3 is 11.9 Å². The fourth-order valence-corrected chi connectivity index (χ4v) is 1.64. The van der Waals surface area contributed by atoms with Gasteiger partial charge < -0.3 is 14.8 Å². The van der Waals surface area contributed by atoms with Crippen molar-refractivity contribution in [3.05, 3.63) is 23.8 Å². The summed E-state index contributed by atoms with van der Waals surface area (Å²) in [6, 6.07) is 4.65. The minimum Gasteiger partial charge on any atom is -0.423 e. The zero-order valence-corrected chi connectivity index (χ0v) is 11.9. The third-order valence-corrected chi connectivity index (χ3v) is 2.61. The highest BCUT2D eigenvalue weighted by atomic mass is 16.6. The van der Waals surface area contributed by atoms with Crippen LogP contribution in [0.3, 0.4) is 0 Å². The van der Waals surface area contributed by atoms with Gasteiger partial charge in [-0.2, -0.15) is 0 Å². The van der Waals surface area contributed by atoms with E-state index in [0.29, 0.717) is 5.56 Å². The van der Waals surface area contributed by atoms with E-state index < -0.39 is 17.9 Å². The number of likely N-dealkylation sites (N-methyl/N-ethyl adjacent to an activating group) is 1. The van der Waals surface area contributed by atoms with E-state index in [4.69, 9.17) is 9.47 Å². The van der Waals surface area contributed by atoms with Crippen LogP contribution in [0.5, 0.6) is 11.5 Å². The number of ether oxygens (including phenoxy) is 2. The van der Waals surface area contributed by atoms with Gasteiger partial charge in [-0.3, -0.25) is 14.4 Å². The molecule has 0 aliphatic heterocycles. The third-order valence-electron chi connectivity index (χ3n) is 2.61. The Morgan fingerprint density at radius 2 is 1.60 bits per heavy atom. The molecule has 0 aliphatic rings. The van der Waals surface area contributed by atoms with E-state index in [1.165, 1.54) is 26.0 Å². The Balaban J connectivity index is 3.15. The van der Waals surface area contributed by atoms with E-state index in [-0.39, 0.29) is 17.4 Å². The van der Waals surface area contributed by atoms with Crippen molar-refractivity contribution >= 4 is 17.8 Å². The summed E-state index contributed by atoms with van der Waals surface area (Å²) >= 11 is 0. The van der Waals surface area contributed by atoms with Crippen LogP contribution in [0.4, 0.5) is 0 Å². The molecule has 1 amide bonds. The molecule has 0 aliphatic carbocycles.